The van der Waals surface area contributed by atoms with E-state index in [4.69, 9.17) is 16.1 Å². The molecule has 0 spiro atoms. The third kappa shape index (κ3) is 4.87. The molecule has 0 saturated heterocycles. The van der Waals surface area contributed by atoms with Crippen molar-refractivity contribution >= 4 is 62.4 Å². The molecular weight excluding hydrogens is 434 g/mol. The van der Waals surface area contributed by atoms with Gasteiger partial charge in [0.05, 0.1) is 5.69 Å². The Labute approximate surface area is 177 Å². The van der Waals surface area contributed by atoms with Gasteiger partial charge in [0.1, 0.15) is 15.6 Å². The Bertz CT molecular complexity index is 1200. The number of sulfonamides is 1. The minimum Gasteiger partial charge on any atom is -0.354 e. The van der Waals surface area contributed by atoms with Gasteiger partial charge in [0, 0.05) is 16.8 Å². The summed E-state index contributed by atoms with van der Waals surface area (Å²) in [7, 11) is -3.75. The van der Waals surface area contributed by atoms with Crippen molar-refractivity contribution in [2.24, 2.45) is 0 Å². The van der Waals surface area contributed by atoms with Crippen LogP contribution < -0.4 is 10.0 Å². The summed E-state index contributed by atoms with van der Waals surface area (Å²) in [4.78, 5) is 12.0. The Morgan fingerprint density at radius 1 is 1.21 bits per heavy atom. The smallest absolute Gasteiger partial charge is 0.271 e. The summed E-state index contributed by atoms with van der Waals surface area (Å²) in [6, 6.07) is 8.24. The highest BCUT2D eigenvalue weighted by molar-refractivity contribution is 7.94. The molecule has 1 amide bonds. The Kier molecular flexibility index (Phi) is 6.11. The highest BCUT2D eigenvalue weighted by Gasteiger charge is 2.18. The lowest BCUT2D eigenvalue weighted by Gasteiger charge is -2.10. The second-order valence-corrected chi connectivity index (χ2v) is 9.63. The molecule has 0 radical (unpaired) electrons. The van der Waals surface area contributed by atoms with E-state index in [9.17, 15) is 13.2 Å². The predicted molar refractivity (Wildman–Crippen MR) is 116 cm³/mol. The predicted octanol–water partition coefficient (Wildman–Crippen LogP) is 4.94. The third-order valence-corrected chi connectivity index (χ3v) is 7.29. The van der Waals surface area contributed by atoms with E-state index in [-0.39, 0.29) is 10.1 Å². The molecule has 0 saturated carbocycles. The van der Waals surface area contributed by atoms with Crippen molar-refractivity contribution < 1.29 is 17.7 Å². The zero-order chi connectivity index (χ0) is 21.2. The van der Waals surface area contributed by atoms with Crippen LogP contribution >= 0.6 is 22.9 Å². The third-order valence-electron chi connectivity index (χ3n) is 3.97. The van der Waals surface area contributed by atoms with Crippen molar-refractivity contribution in [3.63, 3.8) is 0 Å². The Balaban J connectivity index is 1.81. The van der Waals surface area contributed by atoms with Crippen LogP contribution in [0.25, 0.3) is 12.2 Å². The number of thiophene rings is 1. The summed E-state index contributed by atoms with van der Waals surface area (Å²) < 4.78 is 33.3. The highest BCUT2D eigenvalue weighted by atomic mass is 35.5. The van der Waals surface area contributed by atoms with Crippen molar-refractivity contribution in [1.29, 1.82) is 0 Å². The van der Waals surface area contributed by atoms with E-state index in [2.05, 4.69) is 15.2 Å². The van der Waals surface area contributed by atoms with Crippen molar-refractivity contribution in [3.05, 3.63) is 57.2 Å². The molecule has 0 bridgehead atoms. The van der Waals surface area contributed by atoms with Gasteiger partial charge in [0.2, 0.25) is 5.91 Å². The number of rotatable bonds is 6. The van der Waals surface area contributed by atoms with E-state index in [1.165, 1.54) is 13.0 Å². The molecule has 0 aliphatic carbocycles. The molecule has 3 rings (SSSR count). The molecule has 152 valence electrons. The molecule has 2 N–H and O–H groups in total. The maximum atomic E-state index is 12.7. The Hall–Kier alpha value is -2.62. The SMILES string of the molecule is CC(=O)Nc1c(C)noc1/C=C/c1ccc(S(=O)(=O)Nc2cccc(Cl)c2C)s1. The average molecular weight is 452 g/mol. The zero-order valence-corrected chi connectivity index (χ0v) is 18.2. The molecule has 0 aliphatic rings. The summed E-state index contributed by atoms with van der Waals surface area (Å²) >= 11 is 7.15. The molecule has 0 aliphatic heterocycles. The second kappa shape index (κ2) is 8.40. The van der Waals surface area contributed by atoms with Crippen LogP contribution in [0.4, 0.5) is 11.4 Å². The van der Waals surface area contributed by atoms with Crippen LogP contribution in [0, 0.1) is 13.8 Å². The van der Waals surface area contributed by atoms with Gasteiger partial charge >= 0.3 is 0 Å². The number of nitrogens with one attached hydrogen (secondary N) is 2. The number of carbonyl (C=O) groups is 1. The zero-order valence-electron chi connectivity index (χ0n) is 15.8. The number of hydrogen-bond donors (Lipinski definition) is 2. The van der Waals surface area contributed by atoms with E-state index in [0.29, 0.717) is 38.3 Å². The average Bonchev–Trinajstić information content (AvgIpc) is 3.25. The fourth-order valence-corrected chi connectivity index (χ4v) is 4.99. The largest absolute Gasteiger partial charge is 0.354 e. The van der Waals surface area contributed by atoms with Gasteiger partial charge in [-0.1, -0.05) is 22.8 Å². The normalized spacial score (nSPS) is 11.7. The van der Waals surface area contributed by atoms with Gasteiger partial charge in [-0.15, -0.1) is 11.3 Å². The van der Waals surface area contributed by atoms with Crippen LogP contribution in [-0.4, -0.2) is 19.5 Å². The summed E-state index contributed by atoms with van der Waals surface area (Å²) in [5.41, 5.74) is 2.12. The van der Waals surface area contributed by atoms with Crippen molar-refractivity contribution in [1.82, 2.24) is 5.16 Å². The summed E-state index contributed by atoms with van der Waals surface area (Å²) in [6.07, 6.45) is 3.32. The van der Waals surface area contributed by atoms with Gasteiger partial charge in [-0.2, -0.15) is 0 Å². The van der Waals surface area contributed by atoms with Crippen LogP contribution in [-0.2, 0) is 14.8 Å². The van der Waals surface area contributed by atoms with Crippen molar-refractivity contribution in [2.75, 3.05) is 10.0 Å². The van der Waals surface area contributed by atoms with Gasteiger partial charge in [-0.3, -0.25) is 9.52 Å². The molecule has 2 aromatic heterocycles. The minimum atomic E-state index is -3.75. The number of nitrogens with zero attached hydrogens (tertiary/aromatic N) is 1. The van der Waals surface area contributed by atoms with Crippen molar-refractivity contribution in [2.45, 2.75) is 25.0 Å². The van der Waals surface area contributed by atoms with E-state index in [0.717, 1.165) is 11.3 Å². The fraction of sp³-hybridized carbons (Fsp3) is 0.158. The molecule has 0 fully saturated rings. The number of benzene rings is 1. The topological polar surface area (TPSA) is 101 Å². The van der Waals surface area contributed by atoms with E-state index in [1.54, 1.807) is 50.3 Å². The first-order chi connectivity index (χ1) is 13.7. The number of aromatic nitrogens is 1. The van der Waals surface area contributed by atoms with Crippen LogP contribution in [0.1, 0.15) is 28.8 Å². The molecule has 7 nitrogen and oxygen atoms in total. The van der Waals surface area contributed by atoms with Crippen molar-refractivity contribution in [3.8, 4) is 0 Å². The quantitative estimate of drug-likeness (QED) is 0.553. The molecule has 0 atom stereocenters. The van der Waals surface area contributed by atoms with Crippen LogP contribution in [0.5, 0.6) is 0 Å². The summed E-state index contributed by atoms with van der Waals surface area (Å²) in [5, 5.41) is 6.98. The maximum absolute atomic E-state index is 12.7. The van der Waals surface area contributed by atoms with Crippen LogP contribution in [0.3, 0.4) is 0 Å². The van der Waals surface area contributed by atoms with E-state index >= 15 is 0 Å². The van der Waals surface area contributed by atoms with E-state index in [1.807, 2.05) is 0 Å². The lowest BCUT2D eigenvalue weighted by Crippen LogP contribution is -2.12. The summed E-state index contributed by atoms with van der Waals surface area (Å²) in [6.45, 7) is 4.85. The number of aryl methyl sites for hydroxylation is 1. The first-order valence-corrected chi connectivity index (χ1v) is 11.1. The first-order valence-electron chi connectivity index (χ1n) is 8.47. The number of anilines is 2. The maximum Gasteiger partial charge on any atom is 0.271 e. The Morgan fingerprint density at radius 2 is 1.97 bits per heavy atom. The number of hydrogen-bond acceptors (Lipinski definition) is 6. The molecule has 0 unspecified atom stereocenters. The lowest BCUT2D eigenvalue weighted by atomic mass is 10.2. The van der Waals surface area contributed by atoms with Crippen LogP contribution in [0.15, 0.2) is 39.1 Å². The second-order valence-electron chi connectivity index (χ2n) is 6.20. The van der Waals surface area contributed by atoms with Gasteiger partial charge < -0.3 is 9.84 Å². The molecule has 3 aromatic rings. The van der Waals surface area contributed by atoms with E-state index < -0.39 is 10.0 Å². The Morgan fingerprint density at radius 3 is 2.69 bits per heavy atom. The number of amides is 1. The molecular formula is C19H18ClN3O4S2. The first kappa shape index (κ1) is 21.1. The number of halogens is 1. The molecule has 1 aromatic carbocycles. The van der Waals surface area contributed by atoms with Gasteiger partial charge in [-0.05, 0) is 55.8 Å². The fourth-order valence-electron chi connectivity index (χ4n) is 2.47. The van der Waals surface area contributed by atoms with Crippen LogP contribution in [0.2, 0.25) is 5.02 Å². The van der Waals surface area contributed by atoms with Gasteiger partial charge in [-0.25, -0.2) is 8.42 Å². The minimum absolute atomic E-state index is 0.160. The monoisotopic (exact) mass is 451 g/mol. The number of carbonyl (C=O) groups excluding carboxylic acids is 1. The molecule has 10 heteroatoms. The molecule has 2 heterocycles. The molecule has 29 heavy (non-hydrogen) atoms. The van der Waals surface area contributed by atoms with Gasteiger partial charge in [0.15, 0.2) is 5.76 Å². The summed E-state index contributed by atoms with van der Waals surface area (Å²) in [5.74, 6) is 0.140. The highest BCUT2D eigenvalue weighted by Crippen LogP contribution is 2.29. The lowest BCUT2D eigenvalue weighted by molar-refractivity contribution is -0.114. The standard InChI is InChI=1S/C19H18ClN3O4S2/c1-11-15(20)5-4-6-16(11)23-29(25,26)18-10-8-14(28-18)7-9-17-19(21-13(3)24)12(2)22-27-17/h4-10,23H,1-3H3,(H,21,24)/b9-7+. The van der Waals surface area contributed by atoms with Gasteiger partial charge in [0.25, 0.3) is 10.0 Å².